The van der Waals surface area contributed by atoms with Gasteiger partial charge < -0.3 is 5.11 Å². The first kappa shape index (κ1) is 11.0. The minimum absolute atomic E-state index is 0.0783. The van der Waals surface area contributed by atoms with E-state index in [2.05, 4.69) is 21.4 Å². The Morgan fingerprint density at radius 1 is 1.64 bits per heavy atom. The van der Waals surface area contributed by atoms with Crippen LogP contribution in [0.5, 0.6) is 5.75 Å². The molecule has 0 aromatic heterocycles. The van der Waals surface area contributed by atoms with Gasteiger partial charge in [0.25, 0.3) is 5.91 Å². The summed E-state index contributed by atoms with van der Waals surface area (Å²) in [5, 5.41) is 9.37. The van der Waals surface area contributed by atoms with E-state index in [9.17, 15) is 9.90 Å². The highest BCUT2D eigenvalue weighted by Gasteiger charge is 2.10. The van der Waals surface area contributed by atoms with Crippen LogP contribution in [0.15, 0.2) is 22.7 Å². The van der Waals surface area contributed by atoms with E-state index >= 15 is 0 Å². The third-order valence-electron chi connectivity index (χ3n) is 1.51. The van der Waals surface area contributed by atoms with Crippen molar-refractivity contribution < 1.29 is 14.7 Å². The molecule has 0 saturated heterocycles. The van der Waals surface area contributed by atoms with Gasteiger partial charge in [-0.3, -0.25) is 9.63 Å². The molecule has 0 aliphatic heterocycles. The van der Waals surface area contributed by atoms with Crippen LogP contribution in [0.4, 0.5) is 0 Å². The van der Waals surface area contributed by atoms with Crippen LogP contribution < -0.4 is 5.48 Å². The highest BCUT2D eigenvalue weighted by molar-refractivity contribution is 9.10. The molecular formula is C9H10BrNO3. The van der Waals surface area contributed by atoms with Crippen molar-refractivity contribution in [1.82, 2.24) is 5.48 Å². The van der Waals surface area contributed by atoms with Gasteiger partial charge in [-0.15, -0.1) is 0 Å². The van der Waals surface area contributed by atoms with Gasteiger partial charge >= 0.3 is 0 Å². The number of carbonyl (C=O) groups excluding carboxylic acids is 1. The third kappa shape index (κ3) is 2.71. The van der Waals surface area contributed by atoms with Crippen LogP contribution in [0.25, 0.3) is 0 Å². The van der Waals surface area contributed by atoms with Gasteiger partial charge in [0.05, 0.1) is 12.2 Å². The number of rotatable bonds is 3. The van der Waals surface area contributed by atoms with E-state index < -0.39 is 5.91 Å². The summed E-state index contributed by atoms with van der Waals surface area (Å²) in [6.45, 7) is 2.13. The molecule has 76 valence electrons. The summed E-state index contributed by atoms with van der Waals surface area (Å²) in [6, 6.07) is 4.60. The molecule has 0 heterocycles. The molecule has 0 atom stereocenters. The normalized spacial score (nSPS) is 9.86. The van der Waals surface area contributed by atoms with Gasteiger partial charge in [-0.05, 0) is 25.1 Å². The first-order valence-corrected chi connectivity index (χ1v) is 4.85. The fourth-order valence-corrected chi connectivity index (χ4v) is 1.24. The maximum absolute atomic E-state index is 11.4. The monoisotopic (exact) mass is 259 g/mol. The Hall–Kier alpha value is -1.07. The number of hydrogen-bond acceptors (Lipinski definition) is 3. The van der Waals surface area contributed by atoms with Crippen molar-refractivity contribution in [3.05, 3.63) is 28.2 Å². The van der Waals surface area contributed by atoms with Crippen molar-refractivity contribution in [2.45, 2.75) is 6.92 Å². The molecule has 0 aliphatic rings. The Bertz CT molecular complexity index is 341. The number of carbonyl (C=O) groups is 1. The number of amides is 1. The summed E-state index contributed by atoms with van der Waals surface area (Å²) in [5.41, 5.74) is 2.37. The third-order valence-corrected chi connectivity index (χ3v) is 2.01. The number of phenols is 1. The summed E-state index contributed by atoms with van der Waals surface area (Å²) in [5.74, 6) is -0.545. The van der Waals surface area contributed by atoms with Gasteiger partial charge in [0, 0.05) is 4.47 Å². The molecule has 0 spiro atoms. The van der Waals surface area contributed by atoms with Crippen molar-refractivity contribution >= 4 is 21.8 Å². The van der Waals surface area contributed by atoms with Gasteiger partial charge in [0.15, 0.2) is 0 Å². The van der Waals surface area contributed by atoms with Crippen LogP contribution in [-0.2, 0) is 4.84 Å². The van der Waals surface area contributed by atoms with Crippen LogP contribution in [0.2, 0.25) is 0 Å². The van der Waals surface area contributed by atoms with Crippen LogP contribution in [0.1, 0.15) is 17.3 Å². The molecule has 1 aromatic rings. The number of benzene rings is 1. The Morgan fingerprint density at radius 2 is 2.36 bits per heavy atom. The van der Waals surface area contributed by atoms with Crippen molar-refractivity contribution in [3.63, 3.8) is 0 Å². The number of halogens is 1. The lowest BCUT2D eigenvalue weighted by Gasteiger charge is -2.05. The number of hydroxylamine groups is 1. The van der Waals surface area contributed by atoms with Crippen molar-refractivity contribution in [3.8, 4) is 5.75 Å². The van der Waals surface area contributed by atoms with E-state index in [1.165, 1.54) is 12.1 Å². The number of hydrogen-bond donors (Lipinski definition) is 2. The Balaban J connectivity index is 2.83. The quantitative estimate of drug-likeness (QED) is 0.815. The lowest BCUT2D eigenvalue weighted by Crippen LogP contribution is -2.23. The molecule has 2 N–H and O–H groups in total. The van der Waals surface area contributed by atoms with Gasteiger partial charge in [-0.1, -0.05) is 15.9 Å². The van der Waals surface area contributed by atoms with Gasteiger partial charge in [-0.25, -0.2) is 5.48 Å². The zero-order valence-corrected chi connectivity index (χ0v) is 9.17. The molecule has 4 nitrogen and oxygen atoms in total. The van der Waals surface area contributed by atoms with E-state index in [-0.39, 0.29) is 11.3 Å². The average Bonchev–Trinajstić information content (AvgIpc) is 2.18. The Labute approximate surface area is 90.0 Å². The highest BCUT2D eigenvalue weighted by atomic mass is 79.9. The van der Waals surface area contributed by atoms with E-state index in [0.29, 0.717) is 6.61 Å². The van der Waals surface area contributed by atoms with Gasteiger partial charge in [0.2, 0.25) is 0 Å². The summed E-state index contributed by atoms with van der Waals surface area (Å²) >= 11 is 3.20. The molecule has 0 radical (unpaired) electrons. The minimum Gasteiger partial charge on any atom is -0.507 e. The van der Waals surface area contributed by atoms with E-state index in [1.807, 2.05) is 0 Å². The first-order valence-electron chi connectivity index (χ1n) is 4.05. The molecule has 0 unspecified atom stereocenters. The van der Waals surface area contributed by atoms with E-state index in [1.54, 1.807) is 13.0 Å². The number of nitrogens with one attached hydrogen (secondary N) is 1. The standard InChI is InChI=1S/C9H10BrNO3/c1-2-14-11-9(13)7-5-6(10)3-4-8(7)12/h3-5,12H,2H2,1H3,(H,11,13). The Kier molecular flexibility index (Phi) is 3.91. The number of aromatic hydroxyl groups is 1. The SMILES string of the molecule is CCONC(=O)c1cc(Br)ccc1O. The highest BCUT2D eigenvalue weighted by Crippen LogP contribution is 2.21. The molecule has 5 heteroatoms. The number of phenolic OH excluding ortho intramolecular Hbond substituents is 1. The smallest absolute Gasteiger partial charge is 0.278 e. The van der Waals surface area contributed by atoms with Crippen LogP contribution in [0, 0.1) is 0 Å². The molecule has 0 bridgehead atoms. The maximum atomic E-state index is 11.4. The summed E-state index contributed by atoms with van der Waals surface area (Å²) in [6.07, 6.45) is 0. The predicted molar refractivity (Wildman–Crippen MR) is 54.9 cm³/mol. The van der Waals surface area contributed by atoms with Crippen molar-refractivity contribution in [1.29, 1.82) is 0 Å². The zero-order chi connectivity index (χ0) is 10.6. The lowest BCUT2D eigenvalue weighted by atomic mass is 10.2. The fraction of sp³-hybridized carbons (Fsp3) is 0.222. The van der Waals surface area contributed by atoms with Gasteiger partial charge in [0.1, 0.15) is 5.75 Å². The zero-order valence-electron chi connectivity index (χ0n) is 7.58. The molecule has 1 aromatic carbocycles. The molecule has 1 rings (SSSR count). The summed E-state index contributed by atoms with van der Waals surface area (Å²) in [7, 11) is 0. The molecule has 14 heavy (non-hydrogen) atoms. The second-order valence-electron chi connectivity index (χ2n) is 2.53. The van der Waals surface area contributed by atoms with Crippen LogP contribution in [0.3, 0.4) is 0 Å². The molecule has 1 amide bonds. The lowest BCUT2D eigenvalue weighted by molar-refractivity contribution is 0.0362. The predicted octanol–water partition coefficient (Wildman–Crippen LogP) is 1.84. The topological polar surface area (TPSA) is 58.6 Å². The second kappa shape index (κ2) is 4.97. The molecule has 0 fully saturated rings. The molecule has 0 saturated carbocycles. The summed E-state index contributed by atoms with van der Waals surface area (Å²) < 4.78 is 0.719. The van der Waals surface area contributed by atoms with Gasteiger partial charge in [-0.2, -0.15) is 0 Å². The van der Waals surface area contributed by atoms with Crippen molar-refractivity contribution in [2.75, 3.05) is 6.61 Å². The average molecular weight is 260 g/mol. The van der Waals surface area contributed by atoms with Crippen molar-refractivity contribution in [2.24, 2.45) is 0 Å². The molecule has 0 aliphatic carbocycles. The van der Waals surface area contributed by atoms with E-state index in [0.717, 1.165) is 4.47 Å². The van der Waals surface area contributed by atoms with Crippen LogP contribution >= 0.6 is 15.9 Å². The van der Waals surface area contributed by atoms with Crippen LogP contribution in [-0.4, -0.2) is 17.6 Å². The fourth-order valence-electron chi connectivity index (χ4n) is 0.883. The van der Waals surface area contributed by atoms with E-state index in [4.69, 9.17) is 4.84 Å². The minimum atomic E-state index is -0.467. The first-order chi connectivity index (χ1) is 6.65. The summed E-state index contributed by atoms with van der Waals surface area (Å²) in [4.78, 5) is 16.1. The molecular weight excluding hydrogens is 250 g/mol. The Morgan fingerprint density at radius 3 is 3.00 bits per heavy atom. The maximum Gasteiger partial charge on any atom is 0.278 e. The second-order valence-corrected chi connectivity index (χ2v) is 3.44. The largest absolute Gasteiger partial charge is 0.507 e.